The maximum Gasteiger partial charge on any atom is 0.227 e. The molecule has 254 valence electrons. The Balaban J connectivity index is 1.27. The second kappa shape index (κ2) is 13.3. The van der Waals surface area contributed by atoms with Crippen molar-refractivity contribution in [3.63, 3.8) is 0 Å². The molecule has 1 amide bonds. The summed E-state index contributed by atoms with van der Waals surface area (Å²) in [6.45, 7) is 6.59. The molecular weight excluding hydrogens is 647 g/mol. The highest BCUT2D eigenvalue weighted by atomic mass is 35.5. The minimum absolute atomic E-state index is 0.0227. The number of phenols is 1. The zero-order valence-corrected chi connectivity index (χ0v) is 29.4. The number of aromatic hydroxyl groups is 1. The van der Waals surface area contributed by atoms with Crippen molar-refractivity contribution in [1.29, 1.82) is 0 Å². The van der Waals surface area contributed by atoms with Crippen LogP contribution in [-0.2, 0) is 34.2 Å². The molecule has 0 radical (unpaired) electrons. The van der Waals surface area contributed by atoms with Gasteiger partial charge in [0.15, 0.2) is 17.3 Å². The lowest BCUT2D eigenvalue weighted by atomic mass is 9.50. The number of ketones is 1. The Kier molecular flexibility index (Phi) is 9.26. The Bertz CT molecular complexity index is 1710. The quantitative estimate of drug-likeness (QED) is 0.221. The highest BCUT2D eigenvalue weighted by Crippen LogP contribution is 2.65. The average Bonchev–Trinajstić information content (AvgIpc) is 3.41. The third-order valence-corrected chi connectivity index (χ3v) is 12.0. The van der Waals surface area contributed by atoms with Gasteiger partial charge < -0.3 is 19.5 Å². The standard InChI is InChI=1S/C39H44Cl2N2O5/c1-23(2)21-43(34(45)18-25-9-11-29(40)30(41)17-25)31-12-10-28-32-20-26-19-27(33(44)22-47-3)36(46)37-35(26)39(28,38(31)48-37)14-16-42(32)15-13-24-7-5-4-6-8-24/h4-9,11,17,19,23,28,31-32,38,46H,10,12-16,18,20-22H2,1-3H3/t28-,31?,32+,38?,39-/m0/s1. The van der Waals surface area contributed by atoms with Crippen LogP contribution in [0.3, 0.4) is 0 Å². The fourth-order valence-electron chi connectivity index (χ4n) is 9.35. The summed E-state index contributed by atoms with van der Waals surface area (Å²) in [5.74, 6) is 0.638. The number of benzene rings is 3. The SMILES string of the molecule is COCC(=O)c1cc2c3c(c1O)OC1C(N(CC(C)C)C(=O)Cc4ccc(Cl)c(Cl)c4)CC[C@H]4[C@@H](C2)N(CCc2ccccc2)CC[C@]314. The van der Waals surface area contributed by atoms with Crippen molar-refractivity contribution in [3.05, 3.63) is 92.5 Å². The number of carbonyl (C=O) groups is 2. The predicted octanol–water partition coefficient (Wildman–Crippen LogP) is 6.91. The number of ether oxygens (including phenoxy) is 2. The van der Waals surface area contributed by atoms with Crippen molar-refractivity contribution in [3.8, 4) is 11.5 Å². The van der Waals surface area contributed by atoms with Crippen LogP contribution in [0.15, 0.2) is 54.6 Å². The van der Waals surface area contributed by atoms with Crippen LogP contribution in [-0.4, -0.2) is 78.1 Å². The van der Waals surface area contributed by atoms with Gasteiger partial charge in [0.2, 0.25) is 5.91 Å². The minimum atomic E-state index is -0.362. The van der Waals surface area contributed by atoms with Crippen LogP contribution in [0.4, 0.5) is 0 Å². The van der Waals surface area contributed by atoms with E-state index in [1.165, 1.54) is 12.7 Å². The van der Waals surface area contributed by atoms with Crippen LogP contribution in [0.2, 0.25) is 10.0 Å². The molecule has 1 saturated carbocycles. The minimum Gasteiger partial charge on any atom is -0.504 e. The van der Waals surface area contributed by atoms with E-state index in [0.717, 1.165) is 61.9 Å². The number of halogens is 2. The average molecular weight is 692 g/mol. The van der Waals surface area contributed by atoms with Gasteiger partial charge in [-0.1, -0.05) is 73.4 Å². The number of methoxy groups -OCH3 is 1. The predicted molar refractivity (Wildman–Crippen MR) is 187 cm³/mol. The van der Waals surface area contributed by atoms with Gasteiger partial charge >= 0.3 is 0 Å². The van der Waals surface area contributed by atoms with E-state index in [0.29, 0.717) is 28.3 Å². The number of piperidine rings is 1. The molecule has 1 saturated heterocycles. The topological polar surface area (TPSA) is 79.3 Å². The van der Waals surface area contributed by atoms with Gasteiger partial charge in [0.25, 0.3) is 0 Å². The van der Waals surface area contributed by atoms with Gasteiger partial charge in [-0.25, -0.2) is 0 Å². The normalized spacial score (nSPS) is 25.5. The summed E-state index contributed by atoms with van der Waals surface area (Å²) >= 11 is 12.5. The van der Waals surface area contributed by atoms with E-state index >= 15 is 0 Å². The van der Waals surface area contributed by atoms with Crippen LogP contribution < -0.4 is 4.74 Å². The number of amides is 1. The molecule has 1 N–H and O–H groups in total. The summed E-state index contributed by atoms with van der Waals surface area (Å²) in [5.41, 5.74) is 4.17. The number of hydrogen-bond acceptors (Lipinski definition) is 6. The zero-order chi connectivity index (χ0) is 33.7. The molecule has 5 atom stereocenters. The van der Waals surface area contributed by atoms with Crippen LogP contribution in [0.25, 0.3) is 0 Å². The second-order valence-electron chi connectivity index (χ2n) is 14.5. The summed E-state index contributed by atoms with van der Waals surface area (Å²) in [5, 5.41) is 12.5. The molecule has 2 heterocycles. The third kappa shape index (κ3) is 5.70. The Hall–Kier alpha value is -3.10. The number of carbonyl (C=O) groups excluding carboxylic acids is 2. The molecule has 3 aromatic rings. The molecule has 2 aliphatic carbocycles. The molecule has 7 nitrogen and oxygen atoms in total. The molecule has 0 aromatic heterocycles. The van der Waals surface area contributed by atoms with Gasteiger partial charge in [-0.15, -0.1) is 0 Å². The fraction of sp³-hybridized carbons (Fsp3) is 0.487. The van der Waals surface area contributed by atoms with Gasteiger partial charge in [-0.2, -0.15) is 0 Å². The van der Waals surface area contributed by atoms with Gasteiger partial charge in [-0.05, 0) is 85.4 Å². The molecule has 9 heteroatoms. The Morgan fingerprint density at radius 1 is 1.08 bits per heavy atom. The summed E-state index contributed by atoms with van der Waals surface area (Å²) in [6.07, 6.45) is 4.26. The maximum absolute atomic E-state index is 14.3. The van der Waals surface area contributed by atoms with Crippen molar-refractivity contribution in [2.24, 2.45) is 11.8 Å². The van der Waals surface area contributed by atoms with Crippen molar-refractivity contribution in [1.82, 2.24) is 9.80 Å². The van der Waals surface area contributed by atoms with Crippen molar-refractivity contribution in [2.75, 3.05) is 33.4 Å². The number of nitrogens with zero attached hydrogens (tertiary/aromatic N) is 2. The summed E-state index contributed by atoms with van der Waals surface area (Å²) in [6, 6.07) is 18.0. The highest BCUT2D eigenvalue weighted by Gasteiger charge is 2.67. The molecule has 2 fully saturated rings. The van der Waals surface area contributed by atoms with Crippen molar-refractivity contribution in [2.45, 2.75) is 76.0 Å². The molecule has 3 aromatic carbocycles. The summed E-state index contributed by atoms with van der Waals surface area (Å²) in [4.78, 5) is 32.2. The first-order chi connectivity index (χ1) is 23.1. The molecule has 1 spiro atoms. The molecule has 4 aliphatic rings. The van der Waals surface area contributed by atoms with Crippen molar-refractivity contribution >= 4 is 34.9 Å². The van der Waals surface area contributed by atoms with Crippen molar-refractivity contribution < 1.29 is 24.2 Å². The molecule has 48 heavy (non-hydrogen) atoms. The monoisotopic (exact) mass is 690 g/mol. The Morgan fingerprint density at radius 2 is 1.88 bits per heavy atom. The molecule has 7 rings (SSSR count). The molecule has 2 bridgehead atoms. The fourth-order valence-corrected chi connectivity index (χ4v) is 9.67. The summed E-state index contributed by atoms with van der Waals surface area (Å²) < 4.78 is 12.1. The third-order valence-electron chi connectivity index (χ3n) is 11.2. The largest absolute Gasteiger partial charge is 0.504 e. The number of Topliss-reactive ketones (excluding diaryl/α,β-unsaturated/α-hetero) is 1. The first kappa shape index (κ1) is 33.4. The van der Waals surface area contributed by atoms with Crippen LogP contribution in [0.5, 0.6) is 11.5 Å². The Labute approximate surface area is 293 Å². The van der Waals surface area contributed by atoms with E-state index in [1.807, 2.05) is 17.0 Å². The lowest BCUT2D eigenvalue weighted by molar-refractivity contribution is -0.142. The number of hydrogen-bond donors (Lipinski definition) is 1. The van der Waals surface area contributed by atoms with Crippen LogP contribution >= 0.6 is 23.2 Å². The van der Waals surface area contributed by atoms with Gasteiger partial charge in [0.1, 0.15) is 12.7 Å². The van der Waals surface area contributed by atoms with Crippen LogP contribution in [0.1, 0.15) is 65.7 Å². The van der Waals surface area contributed by atoms with Gasteiger partial charge in [-0.3, -0.25) is 14.5 Å². The lowest BCUT2D eigenvalue weighted by Crippen LogP contribution is -2.69. The van der Waals surface area contributed by atoms with Gasteiger partial charge in [0, 0.05) is 37.2 Å². The molecule has 2 aliphatic heterocycles. The van der Waals surface area contributed by atoms with E-state index in [9.17, 15) is 14.7 Å². The van der Waals surface area contributed by atoms with E-state index in [1.54, 1.807) is 12.1 Å². The van der Waals surface area contributed by atoms with E-state index < -0.39 is 0 Å². The van der Waals surface area contributed by atoms with E-state index in [-0.39, 0.29) is 65.6 Å². The summed E-state index contributed by atoms with van der Waals surface area (Å²) in [7, 11) is 1.49. The molecular formula is C39H44Cl2N2O5. The van der Waals surface area contributed by atoms with E-state index in [4.69, 9.17) is 32.7 Å². The second-order valence-corrected chi connectivity index (χ2v) is 15.3. The van der Waals surface area contributed by atoms with E-state index in [2.05, 4.69) is 49.1 Å². The number of rotatable bonds is 11. The first-order valence-electron chi connectivity index (χ1n) is 17.2. The van der Waals surface area contributed by atoms with Gasteiger partial charge in [0.05, 0.1) is 28.1 Å². The smallest absolute Gasteiger partial charge is 0.227 e. The Morgan fingerprint density at radius 3 is 2.60 bits per heavy atom. The number of likely N-dealkylation sites (tertiary alicyclic amines) is 1. The zero-order valence-electron chi connectivity index (χ0n) is 27.9. The van der Waals surface area contributed by atoms with Crippen LogP contribution in [0, 0.1) is 11.8 Å². The molecule has 2 unspecified atom stereocenters. The highest BCUT2D eigenvalue weighted by molar-refractivity contribution is 6.42. The number of phenolic OH excluding ortho intramolecular Hbond substituents is 1. The first-order valence-corrected chi connectivity index (χ1v) is 18.0. The maximum atomic E-state index is 14.3. The lowest BCUT2D eigenvalue weighted by Gasteiger charge is -2.60.